The quantitative estimate of drug-likeness (QED) is 0.538. The summed E-state index contributed by atoms with van der Waals surface area (Å²) in [5, 5.41) is 11.3. The molecule has 1 aromatic carbocycles. The summed E-state index contributed by atoms with van der Waals surface area (Å²) in [4.78, 5) is 4.34. The van der Waals surface area contributed by atoms with Crippen LogP contribution in [0.1, 0.15) is 36.4 Å². The van der Waals surface area contributed by atoms with Crippen LogP contribution in [0.15, 0.2) is 23.2 Å². The molecule has 7 heteroatoms. The van der Waals surface area contributed by atoms with Crippen molar-refractivity contribution in [1.82, 2.24) is 20.4 Å². The van der Waals surface area contributed by atoms with E-state index in [0.29, 0.717) is 13.2 Å². The lowest BCUT2D eigenvalue weighted by Crippen LogP contribution is -2.42. The lowest BCUT2D eigenvalue weighted by atomic mass is 10.1. The highest BCUT2D eigenvalue weighted by atomic mass is 16.5. The number of rotatable bonds is 8. The fourth-order valence-electron chi connectivity index (χ4n) is 3.18. The molecule has 154 valence electrons. The molecule has 0 bridgehead atoms. The van der Waals surface area contributed by atoms with Gasteiger partial charge in [0, 0.05) is 32.4 Å². The summed E-state index contributed by atoms with van der Waals surface area (Å²) in [7, 11) is 5.41. The Bertz CT molecular complexity index is 813. The molecular formula is C21H33N5O2. The average molecular weight is 388 g/mol. The second-order valence-corrected chi connectivity index (χ2v) is 6.87. The first-order chi connectivity index (χ1) is 13.4. The molecule has 0 aliphatic heterocycles. The minimum absolute atomic E-state index is 0.225. The smallest absolute Gasteiger partial charge is 0.191 e. The molecule has 7 nitrogen and oxygen atoms in total. The molecule has 2 aromatic rings. The van der Waals surface area contributed by atoms with Crippen molar-refractivity contribution in [3.05, 3.63) is 40.7 Å². The van der Waals surface area contributed by atoms with E-state index in [1.54, 1.807) is 14.2 Å². The molecule has 0 saturated carbocycles. The number of aryl methyl sites for hydroxylation is 2. The molecule has 0 saturated heterocycles. The molecule has 2 rings (SSSR count). The van der Waals surface area contributed by atoms with Gasteiger partial charge >= 0.3 is 0 Å². The average Bonchev–Trinajstić information content (AvgIpc) is 2.92. The molecule has 2 N–H and O–H groups in total. The first-order valence-corrected chi connectivity index (χ1v) is 9.65. The van der Waals surface area contributed by atoms with Crippen LogP contribution >= 0.6 is 0 Å². The van der Waals surface area contributed by atoms with Crippen molar-refractivity contribution in [2.45, 2.75) is 46.7 Å². The molecule has 0 aliphatic carbocycles. The second-order valence-electron chi connectivity index (χ2n) is 6.87. The van der Waals surface area contributed by atoms with Crippen LogP contribution in [0.3, 0.4) is 0 Å². The third kappa shape index (κ3) is 5.41. The fourth-order valence-corrected chi connectivity index (χ4v) is 3.18. The minimum Gasteiger partial charge on any atom is -0.493 e. The molecule has 0 radical (unpaired) electrons. The lowest BCUT2D eigenvalue weighted by Gasteiger charge is -2.18. The highest BCUT2D eigenvalue weighted by molar-refractivity contribution is 5.80. The third-order valence-corrected chi connectivity index (χ3v) is 4.76. The number of hydrogen-bond donors (Lipinski definition) is 2. The highest BCUT2D eigenvalue weighted by Gasteiger charge is 2.14. The summed E-state index contributed by atoms with van der Waals surface area (Å²) in [6.45, 7) is 9.52. The van der Waals surface area contributed by atoms with Gasteiger partial charge in [0.05, 0.1) is 19.4 Å². The predicted molar refractivity (Wildman–Crippen MR) is 113 cm³/mol. The van der Waals surface area contributed by atoms with Crippen LogP contribution < -0.4 is 20.1 Å². The van der Waals surface area contributed by atoms with Crippen LogP contribution in [0.5, 0.6) is 11.5 Å². The van der Waals surface area contributed by atoms with Gasteiger partial charge in [-0.2, -0.15) is 5.10 Å². The van der Waals surface area contributed by atoms with Crippen LogP contribution in [0, 0.1) is 13.8 Å². The summed E-state index contributed by atoms with van der Waals surface area (Å²) in [6.07, 6.45) is 0.892. The van der Waals surface area contributed by atoms with Crippen molar-refractivity contribution >= 4 is 5.96 Å². The van der Waals surface area contributed by atoms with Gasteiger partial charge in [-0.1, -0.05) is 6.07 Å². The maximum absolute atomic E-state index is 5.57. The number of aromatic nitrogens is 2. The summed E-state index contributed by atoms with van der Waals surface area (Å²) < 4.78 is 12.9. The van der Waals surface area contributed by atoms with Crippen molar-refractivity contribution in [2.75, 3.05) is 20.8 Å². The number of aliphatic imine (C=N–C) groups is 1. The van der Waals surface area contributed by atoms with Crippen molar-refractivity contribution < 1.29 is 9.47 Å². The van der Waals surface area contributed by atoms with Crippen LogP contribution in [0.2, 0.25) is 0 Å². The summed E-state index contributed by atoms with van der Waals surface area (Å²) in [6, 6.07) is 6.17. The maximum atomic E-state index is 5.57. The Kier molecular flexibility index (Phi) is 7.72. The number of benzene rings is 1. The second kappa shape index (κ2) is 10.0. The third-order valence-electron chi connectivity index (χ3n) is 4.76. The normalized spacial score (nSPS) is 12.6. The van der Waals surface area contributed by atoms with Gasteiger partial charge in [-0.25, -0.2) is 0 Å². The molecule has 1 heterocycles. The van der Waals surface area contributed by atoms with E-state index < -0.39 is 0 Å². The summed E-state index contributed by atoms with van der Waals surface area (Å²) in [5.74, 6) is 2.26. The first-order valence-electron chi connectivity index (χ1n) is 9.65. The van der Waals surface area contributed by atoms with E-state index in [2.05, 4.69) is 41.5 Å². The van der Waals surface area contributed by atoms with Crippen LogP contribution in [-0.2, 0) is 20.0 Å². The van der Waals surface area contributed by atoms with Gasteiger partial charge in [-0.15, -0.1) is 0 Å². The van der Waals surface area contributed by atoms with Gasteiger partial charge in [-0.05, 0) is 57.4 Å². The number of guanidine groups is 1. The Labute approximate surface area is 168 Å². The zero-order valence-electron chi connectivity index (χ0n) is 18.1. The SMILES string of the molecule is CCOc1ccc(CNC(=NC)NC(C)Cc2c(C)nn(C)c2C)cc1OC. The lowest BCUT2D eigenvalue weighted by molar-refractivity contribution is 0.310. The van der Waals surface area contributed by atoms with Gasteiger partial charge < -0.3 is 20.1 Å². The zero-order chi connectivity index (χ0) is 20.7. The van der Waals surface area contributed by atoms with Crippen molar-refractivity contribution in [2.24, 2.45) is 12.0 Å². The predicted octanol–water partition coefficient (Wildman–Crippen LogP) is 2.74. The minimum atomic E-state index is 0.225. The van der Waals surface area contributed by atoms with Crippen molar-refractivity contribution in [3.8, 4) is 11.5 Å². The van der Waals surface area contributed by atoms with Gasteiger partial charge in [0.1, 0.15) is 0 Å². The molecule has 0 amide bonds. The van der Waals surface area contributed by atoms with Crippen LogP contribution in [0.4, 0.5) is 0 Å². The first kappa shape index (κ1) is 21.6. The maximum Gasteiger partial charge on any atom is 0.191 e. The topological polar surface area (TPSA) is 72.7 Å². The Hall–Kier alpha value is -2.70. The van der Waals surface area contributed by atoms with Crippen LogP contribution in [0.25, 0.3) is 0 Å². The van der Waals surface area contributed by atoms with Crippen molar-refractivity contribution in [3.63, 3.8) is 0 Å². The molecular weight excluding hydrogens is 354 g/mol. The Morgan fingerprint density at radius 2 is 2.04 bits per heavy atom. The van der Waals surface area contributed by atoms with E-state index in [1.807, 2.05) is 36.9 Å². The van der Waals surface area contributed by atoms with E-state index in [9.17, 15) is 0 Å². The molecule has 0 spiro atoms. The Balaban J connectivity index is 1.95. The largest absolute Gasteiger partial charge is 0.493 e. The summed E-state index contributed by atoms with van der Waals surface area (Å²) in [5.41, 5.74) is 4.66. The van der Waals surface area contributed by atoms with E-state index in [4.69, 9.17) is 9.47 Å². The van der Waals surface area contributed by atoms with Crippen molar-refractivity contribution in [1.29, 1.82) is 0 Å². The monoisotopic (exact) mass is 387 g/mol. The van der Waals surface area contributed by atoms with E-state index in [1.165, 1.54) is 11.3 Å². The Morgan fingerprint density at radius 3 is 2.61 bits per heavy atom. The standard InChI is InChI=1S/C21H33N5O2/c1-8-28-19-10-9-17(12-20(19)27-7)13-23-21(22-5)24-14(2)11-18-15(3)25-26(6)16(18)4/h9-10,12,14H,8,11,13H2,1-7H3,(H2,22,23,24). The fraction of sp³-hybridized carbons (Fsp3) is 0.524. The van der Waals surface area contributed by atoms with Gasteiger partial charge in [0.2, 0.25) is 0 Å². The van der Waals surface area contributed by atoms with Gasteiger partial charge in [0.25, 0.3) is 0 Å². The van der Waals surface area contributed by atoms with E-state index in [-0.39, 0.29) is 6.04 Å². The van der Waals surface area contributed by atoms with Crippen LogP contribution in [-0.4, -0.2) is 42.5 Å². The molecule has 28 heavy (non-hydrogen) atoms. The van der Waals surface area contributed by atoms with E-state index in [0.717, 1.165) is 35.1 Å². The molecule has 1 unspecified atom stereocenters. The number of methoxy groups -OCH3 is 1. The van der Waals surface area contributed by atoms with Gasteiger partial charge in [-0.3, -0.25) is 9.67 Å². The number of nitrogens with one attached hydrogen (secondary N) is 2. The number of ether oxygens (including phenoxy) is 2. The zero-order valence-corrected chi connectivity index (χ0v) is 18.1. The Morgan fingerprint density at radius 1 is 1.29 bits per heavy atom. The van der Waals surface area contributed by atoms with Gasteiger partial charge in [0.15, 0.2) is 17.5 Å². The summed E-state index contributed by atoms with van der Waals surface area (Å²) >= 11 is 0. The van der Waals surface area contributed by atoms with E-state index >= 15 is 0 Å². The molecule has 1 atom stereocenters. The molecule has 0 aliphatic rings. The number of nitrogens with zero attached hydrogens (tertiary/aromatic N) is 3. The molecule has 0 fully saturated rings. The molecule has 1 aromatic heterocycles. The highest BCUT2D eigenvalue weighted by Crippen LogP contribution is 2.27. The number of hydrogen-bond acceptors (Lipinski definition) is 4.